The minimum atomic E-state index is -0.562. The first-order chi connectivity index (χ1) is 51.8. The van der Waals surface area contributed by atoms with Gasteiger partial charge in [0, 0.05) is 147 Å². The van der Waals surface area contributed by atoms with Gasteiger partial charge in [-0.15, -0.1) is 11.8 Å². The van der Waals surface area contributed by atoms with E-state index in [9.17, 15) is 57.5 Å². The van der Waals surface area contributed by atoms with Crippen LogP contribution in [0.4, 0.5) is 0 Å². The molecule has 7 aromatic rings. The molecule has 109 heavy (non-hydrogen) atoms. The molecule has 4 atom stereocenters. The lowest BCUT2D eigenvalue weighted by molar-refractivity contribution is -0.150. The molecule has 10 N–H and O–H groups in total. The van der Waals surface area contributed by atoms with Crippen LogP contribution in [0.3, 0.4) is 0 Å². The standard InChI is InChI=1S/2C10H13NO.C6H7NO.C6H11N.2C5H6N2O.2C5H7NO.C5H4O3.C5H8O.C5H8S.C4H6N2O.C4H4O2.C3H5N3O/c1-7-2-4-9-8(6-7)3-5-10(12)11-9;1-7-6-10(12)11-9-5-3-2-4-8(7)9;1-5-4-6(8)2-3-7-5;1-6-3-2-4-7-5-6;1-7-3-2-6-4-5(7)8;1-4-6-3-2-5(8)7-4;1-4-2-3-6-5(4)7;1-4-2-3-5(7)6-4;1-3-2-4(6)8-5(3)7;2*1-5-3-2-4-6-5;1-3-2-5-4(7)6-3;1-3-2-4(5)6-3;1-6-3(7)4-2-5-6/h3,5,7H,2,4,6H2,1H3,(H,11,12);6H,2-5H2,1H3,(H,11,12);2-4H,1H3,(H,7,8);2,4,6-7H,3,5H2,1H3;2-4H,1H3;2-3H,1H3,(H,6,7,8);2-4H,1H3,(H,6,7);2H,3H2,1H3,(H,6,7);2H,1H3;2,4-5H,3H2,1H3;3H,2,4H2,1H3;2H,1H3,(H2,5,6,7);2H,1H3;2H,1H3,(H,4,5,7)/t7-;;;6-;;;4-;;;5-;;;;/m0..1..0..0..../s1. The zero-order valence-electron chi connectivity index (χ0n) is 64.5. The number of carbonyl (C=O) groups excluding carboxylic acids is 5. The number of amides is 2. The Morgan fingerprint density at radius 1 is 0.670 bits per heavy atom. The summed E-state index contributed by atoms with van der Waals surface area (Å²) in [5, 5.41) is 11.9. The predicted octanol–water partition coefficient (Wildman–Crippen LogP) is 8.33. The Balaban J connectivity index is 0.000000306. The van der Waals surface area contributed by atoms with Crippen molar-refractivity contribution in [1.29, 1.82) is 0 Å². The molecule has 31 heteroatoms. The van der Waals surface area contributed by atoms with Crippen LogP contribution in [0.15, 0.2) is 197 Å². The summed E-state index contributed by atoms with van der Waals surface area (Å²) >= 11 is 1.96. The van der Waals surface area contributed by atoms with Crippen LogP contribution in [-0.4, -0.2) is 107 Å². The normalized spacial score (nSPS) is 17.5. The Bertz CT molecular complexity index is 4650. The number of nitrogens with one attached hydrogen (secondary N) is 10. The largest absolute Gasteiger partial charge is 0.498 e. The number of thioether (sulfide) groups is 1. The second kappa shape index (κ2) is 50.7. The van der Waals surface area contributed by atoms with Gasteiger partial charge in [-0.25, -0.2) is 33.6 Å². The lowest BCUT2D eigenvalue weighted by Gasteiger charge is -2.20. The minimum Gasteiger partial charge on any atom is -0.498 e. The number of carbonyl (C=O) groups is 5. The third-order valence-corrected chi connectivity index (χ3v) is 16.6. The Labute approximate surface area is 636 Å². The number of allylic oxidation sites excluding steroid dienone is 5. The molecule has 9 aliphatic rings. The molecular formula is C78H105N15O15S. The number of rotatable bonds is 0. The van der Waals surface area contributed by atoms with Gasteiger partial charge >= 0.3 is 29.3 Å². The minimum absolute atomic E-state index is 0.0308. The molecule has 0 fully saturated rings. The monoisotopic (exact) mass is 1520 g/mol. The summed E-state index contributed by atoms with van der Waals surface area (Å²) in [6.07, 6.45) is 41.5. The van der Waals surface area contributed by atoms with Gasteiger partial charge in [-0.05, 0) is 166 Å². The number of aromatic nitrogens is 12. The van der Waals surface area contributed by atoms with E-state index in [2.05, 4.69) is 115 Å². The van der Waals surface area contributed by atoms with Crippen LogP contribution in [0.2, 0.25) is 0 Å². The maximum atomic E-state index is 11.1. The Morgan fingerprint density at radius 3 is 1.73 bits per heavy atom. The number of aryl methyl sites for hydroxylation is 8. The Morgan fingerprint density at radius 2 is 1.39 bits per heavy atom. The fraction of sp³-hybridized carbons (Fsp3) is 0.397. The van der Waals surface area contributed by atoms with E-state index in [4.69, 9.17) is 4.74 Å². The molecule has 16 rings (SSSR count). The van der Waals surface area contributed by atoms with Gasteiger partial charge in [0.2, 0.25) is 22.9 Å². The van der Waals surface area contributed by atoms with E-state index in [-0.39, 0.29) is 62.7 Å². The molecular weight excluding hydrogens is 1420 g/mol. The highest BCUT2D eigenvalue weighted by Crippen LogP contribution is 2.24. The highest BCUT2D eigenvalue weighted by Gasteiger charge is 2.19. The first-order valence-corrected chi connectivity index (χ1v) is 36.4. The number of hydrogen-bond acceptors (Lipinski definition) is 20. The summed E-state index contributed by atoms with van der Waals surface area (Å²) in [5.41, 5.74) is 8.94. The van der Waals surface area contributed by atoms with Gasteiger partial charge in [-0.2, -0.15) is 5.10 Å². The van der Waals surface area contributed by atoms with E-state index in [1.165, 1.54) is 119 Å². The molecule has 30 nitrogen and oxygen atoms in total. The van der Waals surface area contributed by atoms with E-state index < -0.39 is 11.9 Å². The molecule has 14 heterocycles. The van der Waals surface area contributed by atoms with Crippen LogP contribution in [0.5, 0.6) is 0 Å². The molecule has 2 amide bonds. The van der Waals surface area contributed by atoms with Crippen molar-refractivity contribution < 1.29 is 38.2 Å². The third kappa shape index (κ3) is 41.1. The van der Waals surface area contributed by atoms with Crippen LogP contribution >= 0.6 is 11.8 Å². The van der Waals surface area contributed by atoms with Crippen LogP contribution in [-0.2, 0) is 78.0 Å². The molecule has 0 saturated heterocycles. The topological polar surface area (TPSA) is 428 Å². The predicted molar refractivity (Wildman–Crippen MR) is 421 cm³/mol. The number of hydrogen-bond donors (Lipinski definition) is 10. The number of aromatic amines is 7. The van der Waals surface area contributed by atoms with Crippen molar-refractivity contribution in [1.82, 2.24) is 75.2 Å². The van der Waals surface area contributed by atoms with Gasteiger partial charge in [-0.1, -0.05) is 51.1 Å². The van der Waals surface area contributed by atoms with Crippen LogP contribution in [0.25, 0.3) is 0 Å². The number of nitrogens with zero attached hydrogens (tertiary/aromatic N) is 5. The molecule has 0 bridgehead atoms. The molecule has 0 unspecified atom stereocenters. The average molecular weight is 1520 g/mol. The molecule has 7 aliphatic heterocycles. The summed E-state index contributed by atoms with van der Waals surface area (Å²) in [7, 11) is 3.27. The lowest BCUT2D eigenvalue weighted by Crippen LogP contribution is -2.18. The van der Waals surface area contributed by atoms with E-state index in [1.807, 2.05) is 76.9 Å². The molecule has 0 spiro atoms. The number of imidazole rings is 1. The molecule has 0 aromatic carbocycles. The van der Waals surface area contributed by atoms with E-state index in [0.717, 1.165) is 78.8 Å². The molecule has 0 saturated carbocycles. The van der Waals surface area contributed by atoms with Gasteiger partial charge < -0.3 is 64.6 Å². The number of cyclic esters (lactones) is 3. The zero-order valence-corrected chi connectivity index (χ0v) is 65.4. The van der Waals surface area contributed by atoms with Gasteiger partial charge in [-0.3, -0.25) is 43.5 Å². The van der Waals surface area contributed by atoms with Crippen LogP contribution in [0.1, 0.15) is 146 Å². The second-order valence-corrected chi connectivity index (χ2v) is 27.1. The van der Waals surface area contributed by atoms with Crippen molar-refractivity contribution in [2.24, 2.45) is 31.8 Å². The van der Waals surface area contributed by atoms with Gasteiger partial charge in [0.05, 0.1) is 30.6 Å². The first-order valence-electron chi connectivity index (χ1n) is 35.4. The molecule has 2 aliphatic carbocycles. The number of ether oxygens (including phenoxy) is 3. The van der Waals surface area contributed by atoms with Gasteiger partial charge in [0.1, 0.15) is 17.9 Å². The summed E-state index contributed by atoms with van der Waals surface area (Å²) in [6, 6.07) is 9.71. The third-order valence-electron chi connectivity index (χ3n) is 15.6. The van der Waals surface area contributed by atoms with Gasteiger partial charge in [0.15, 0.2) is 5.43 Å². The van der Waals surface area contributed by atoms with Crippen molar-refractivity contribution in [3.8, 4) is 0 Å². The number of fused-ring (bicyclic) bond motifs is 2. The van der Waals surface area contributed by atoms with Crippen molar-refractivity contribution >= 4 is 41.5 Å². The fourth-order valence-electron chi connectivity index (χ4n) is 9.55. The van der Waals surface area contributed by atoms with Crippen LogP contribution < -0.4 is 55.0 Å². The van der Waals surface area contributed by atoms with Crippen molar-refractivity contribution in [3.63, 3.8) is 0 Å². The quantitative estimate of drug-likeness (QED) is 0.0503. The summed E-state index contributed by atoms with van der Waals surface area (Å²) in [6.45, 7) is 24.3. The summed E-state index contributed by atoms with van der Waals surface area (Å²) < 4.78 is 16.1. The smallest absolute Gasteiger partial charge is 0.342 e. The van der Waals surface area contributed by atoms with Crippen molar-refractivity contribution in [2.45, 2.75) is 160 Å². The molecule has 0 radical (unpaired) electrons. The maximum Gasteiger partial charge on any atom is 0.342 e. The van der Waals surface area contributed by atoms with E-state index >= 15 is 0 Å². The second-order valence-electron chi connectivity index (χ2n) is 25.7. The zero-order chi connectivity index (χ0) is 80.8. The maximum absolute atomic E-state index is 11.1. The number of esters is 3. The van der Waals surface area contributed by atoms with Crippen molar-refractivity contribution in [2.75, 3.05) is 12.3 Å². The fourth-order valence-corrected chi connectivity index (χ4v) is 10.3. The SMILES string of the molecule is CC1=CC(=O)O1.CC1=CC(=O)OC1=O.CC1=CCC(=O)N1.CC1=CCCS1.C[C@@H]1CC=CNC1.C[C@H]1C=CNC1=O.C[C@H]1CC=CO1.C[C@H]1CCc2[nH]c(=O)ccc2C1.Cc1c[nH]c(=O)[nH]1.Cc1cc(=O)[nH]c2c1CCCC2.Cc1cc(=O)cc[nH]1.Cc1nccc(=O)[nH]1.Cn1ccncc1=O.Cn1nc[nH]c1=O. The summed E-state index contributed by atoms with van der Waals surface area (Å²) in [5.74, 6) is 3.24. The Kier molecular flexibility index (Phi) is 42.5. The Hall–Kier alpha value is -11.8. The molecule has 7 aromatic heterocycles. The summed E-state index contributed by atoms with van der Waals surface area (Å²) in [4.78, 5) is 152. The van der Waals surface area contributed by atoms with Crippen molar-refractivity contribution in [3.05, 3.63) is 281 Å². The van der Waals surface area contributed by atoms with E-state index in [0.29, 0.717) is 29.7 Å². The van der Waals surface area contributed by atoms with E-state index in [1.54, 1.807) is 83.4 Å². The highest BCUT2D eigenvalue weighted by molar-refractivity contribution is 8.03. The van der Waals surface area contributed by atoms with Gasteiger partial charge in [0.25, 0.3) is 11.1 Å². The average Bonchev–Trinajstić information content (AvgIpc) is 0.925. The number of H-pyrrole nitrogens is 7. The lowest BCUT2D eigenvalue weighted by atomic mass is 9.88. The van der Waals surface area contributed by atoms with Crippen LogP contribution in [0, 0.1) is 45.4 Å². The first kappa shape index (κ1) is 91.4. The molecule has 588 valence electrons. The highest BCUT2D eigenvalue weighted by atomic mass is 32.2. The number of pyridine rings is 3.